The van der Waals surface area contributed by atoms with Crippen LogP contribution >= 0.6 is 11.8 Å². The summed E-state index contributed by atoms with van der Waals surface area (Å²) >= 11 is 1.96. The lowest BCUT2D eigenvalue weighted by Crippen LogP contribution is -2.59. The Morgan fingerprint density at radius 3 is 2.47 bits per heavy atom. The Labute approximate surface area is 108 Å². The summed E-state index contributed by atoms with van der Waals surface area (Å²) in [5.74, 6) is 1.20. The van der Waals surface area contributed by atoms with Gasteiger partial charge in [-0.1, -0.05) is 19.8 Å². The van der Waals surface area contributed by atoms with Crippen LogP contribution in [0.5, 0.6) is 0 Å². The van der Waals surface area contributed by atoms with E-state index in [2.05, 4.69) is 12.2 Å². The first kappa shape index (κ1) is 13.2. The summed E-state index contributed by atoms with van der Waals surface area (Å²) in [6.45, 7) is 2.88. The summed E-state index contributed by atoms with van der Waals surface area (Å²) in [6.07, 6.45) is 7.65. The second kappa shape index (κ2) is 5.61. The number of rotatable bonds is 7. The van der Waals surface area contributed by atoms with E-state index in [0.717, 1.165) is 30.4 Å². The summed E-state index contributed by atoms with van der Waals surface area (Å²) in [4.78, 5) is 11.8. The maximum Gasteiger partial charge on any atom is 0.238 e. The molecular weight excluding hydrogens is 232 g/mol. The van der Waals surface area contributed by atoms with Crippen molar-refractivity contribution in [3.63, 3.8) is 0 Å². The first-order chi connectivity index (χ1) is 8.19. The molecule has 0 aliphatic heterocycles. The van der Waals surface area contributed by atoms with E-state index in [0.29, 0.717) is 5.92 Å². The Morgan fingerprint density at radius 1 is 1.35 bits per heavy atom. The molecule has 0 aromatic carbocycles. The fourth-order valence-electron chi connectivity index (χ4n) is 2.87. The smallest absolute Gasteiger partial charge is 0.238 e. The van der Waals surface area contributed by atoms with Gasteiger partial charge in [0.15, 0.2) is 0 Å². The zero-order valence-corrected chi connectivity index (χ0v) is 11.5. The highest BCUT2D eigenvalue weighted by molar-refractivity contribution is 8.00. The Kier molecular flexibility index (Phi) is 4.36. The molecule has 3 nitrogen and oxygen atoms in total. The molecule has 2 rings (SSSR count). The molecule has 0 spiro atoms. The lowest BCUT2D eigenvalue weighted by molar-refractivity contribution is -0.124. The number of primary amides is 1. The van der Waals surface area contributed by atoms with Crippen molar-refractivity contribution < 1.29 is 4.79 Å². The molecule has 0 radical (unpaired) electrons. The van der Waals surface area contributed by atoms with E-state index in [9.17, 15) is 4.79 Å². The molecule has 2 saturated carbocycles. The predicted molar refractivity (Wildman–Crippen MR) is 73.0 cm³/mol. The average molecular weight is 256 g/mol. The zero-order valence-electron chi connectivity index (χ0n) is 10.7. The van der Waals surface area contributed by atoms with E-state index in [1.165, 1.54) is 25.7 Å². The van der Waals surface area contributed by atoms with Crippen molar-refractivity contribution in [1.82, 2.24) is 5.32 Å². The van der Waals surface area contributed by atoms with E-state index in [1.54, 1.807) is 0 Å². The second-order valence-corrected chi connectivity index (χ2v) is 6.65. The molecule has 0 heterocycles. The van der Waals surface area contributed by atoms with Crippen LogP contribution in [0.4, 0.5) is 0 Å². The summed E-state index contributed by atoms with van der Waals surface area (Å²) in [6, 6.07) is 0. The Morgan fingerprint density at radius 2 is 2.00 bits per heavy atom. The maximum atomic E-state index is 11.8. The van der Waals surface area contributed by atoms with Crippen molar-refractivity contribution >= 4 is 17.7 Å². The van der Waals surface area contributed by atoms with Gasteiger partial charge in [-0.15, -0.1) is 0 Å². The lowest BCUT2D eigenvalue weighted by Gasteiger charge is -2.32. The molecule has 98 valence electrons. The molecule has 1 unspecified atom stereocenters. The first-order valence-corrected chi connectivity index (χ1v) is 7.90. The third-order valence-corrected chi connectivity index (χ3v) is 5.62. The Hall–Kier alpha value is -0.220. The molecule has 2 aliphatic carbocycles. The van der Waals surface area contributed by atoms with Crippen molar-refractivity contribution in [3.05, 3.63) is 0 Å². The van der Waals surface area contributed by atoms with Crippen molar-refractivity contribution in [2.24, 2.45) is 11.7 Å². The maximum absolute atomic E-state index is 11.8. The third-order valence-electron chi connectivity index (χ3n) is 4.06. The highest BCUT2D eigenvalue weighted by Gasteiger charge is 2.49. The number of hydrogen-bond acceptors (Lipinski definition) is 3. The Balaban J connectivity index is 1.95. The van der Waals surface area contributed by atoms with E-state index in [4.69, 9.17) is 5.73 Å². The fraction of sp³-hybridized carbons (Fsp3) is 0.923. The number of nitrogens with two attached hydrogens (primary N) is 1. The van der Waals surface area contributed by atoms with E-state index in [-0.39, 0.29) is 5.91 Å². The first-order valence-electron chi connectivity index (χ1n) is 6.85. The Bertz CT molecular complexity index is 275. The topological polar surface area (TPSA) is 55.1 Å². The highest BCUT2D eigenvalue weighted by atomic mass is 32.2. The van der Waals surface area contributed by atoms with Gasteiger partial charge in [0, 0.05) is 11.0 Å². The minimum atomic E-state index is -0.429. The summed E-state index contributed by atoms with van der Waals surface area (Å²) in [5, 5.41) is 4.14. The van der Waals surface area contributed by atoms with Crippen LogP contribution < -0.4 is 11.1 Å². The zero-order chi connectivity index (χ0) is 12.3. The molecule has 3 N–H and O–H groups in total. The van der Waals surface area contributed by atoms with Crippen LogP contribution in [0.2, 0.25) is 0 Å². The number of hydrogen-bond donors (Lipinski definition) is 2. The normalized spacial score (nSPS) is 24.8. The van der Waals surface area contributed by atoms with Gasteiger partial charge < -0.3 is 11.1 Å². The monoisotopic (exact) mass is 256 g/mol. The number of likely N-dealkylation sites (N-methyl/N-ethyl adjacent to an activating group) is 1. The molecule has 17 heavy (non-hydrogen) atoms. The molecule has 4 heteroatoms. The van der Waals surface area contributed by atoms with Crippen molar-refractivity contribution in [3.8, 4) is 0 Å². The number of nitrogens with one attached hydrogen (secondary N) is 1. The van der Waals surface area contributed by atoms with Crippen molar-refractivity contribution in [2.45, 2.75) is 56.2 Å². The van der Waals surface area contributed by atoms with Gasteiger partial charge in [-0.3, -0.25) is 4.79 Å². The van der Waals surface area contributed by atoms with Gasteiger partial charge in [0.25, 0.3) is 0 Å². The van der Waals surface area contributed by atoms with Crippen LogP contribution in [0.25, 0.3) is 0 Å². The second-order valence-electron chi connectivity index (χ2n) is 5.36. The van der Waals surface area contributed by atoms with Gasteiger partial charge in [-0.2, -0.15) is 11.8 Å². The van der Waals surface area contributed by atoms with Crippen LogP contribution in [-0.4, -0.2) is 29.0 Å². The number of carbonyl (C=O) groups is 1. The summed E-state index contributed by atoms with van der Waals surface area (Å²) in [7, 11) is 0. The molecule has 2 aliphatic rings. The SMILES string of the molecule is CCNC(CSC1CCCC1)(C(N)=O)C1CC1. The van der Waals surface area contributed by atoms with Gasteiger partial charge in [0.05, 0.1) is 0 Å². The number of thioether (sulfide) groups is 1. The quantitative estimate of drug-likeness (QED) is 0.731. The number of carbonyl (C=O) groups excluding carboxylic acids is 1. The molecule has 1 atom stereocenters. The van der Waals surface area contributed by atoms with Crippen LogP contribution in [-0.2, 0) is 4.79 Å². The molecule has 0 aromatic rings. The summed E-state index contributed by atoms with van der Waals surface area (Å²) in [5.41, 5.74) is 5.24. The molecular formula is C13H24N2OS. The molecule has 0 saturated heterocycles. The van der Waals surface area contributed by atoms with E-state index in [1.807, 2.05) is 11.8 Å². The van der Waals surface area contributed by atoms with Gasteiger partial charge in [-0.25, -0.2) is 0 Å². The predicted octanol–water partition coefficient (Wildman–Crippen LogP) is 1.91. The van der Waals surface area contributed by atoms with Gasteiger partial charge in [-0.05, 0) is 38.1 Å². The standard InChI is InChI=1S/C13H24N2OS/c1-2-15-13(12(14)16,10-7-8-10)9-17-11-5-3-4-6-11/h10-11,15H,2-9H2,1H3,(H2,14,16). The van der Waals surface area contributed by atoms with Crippen LogP contribution in [0, 0.1) is 5.92 Å². The third kappa shape index (κ3) is 2.97. The van der Waals surface area contributed by atoms with Crippen molar-refractivity contribution in [1.29, 1.82) is 0 Å². The highest BCUT2D eigenvalue weighted by Crippen LogP contribution is 2.43. The lowest BCUT2D eigenvalue weighted by atomic mass is 9.94. The van der Waals surface area contributed by atoms with Gasteiger partial charge >= 0.3 is 0 Å². The van der Waals surface area contributed by atoms with E-state index >= 15 is 0 Å². The fourth-order valence-corrected chi connectivity index (χ4v) is 4.51. The summed E-state index contributed by atoms with van der Waals surface area (Å²) < 4.78 is 0. The minimum absolute atomic E-state index is 0.146. The van der Waals surface area contributed by atoms with Crippen LogP contribution in [0.3, 0.4) is 0 Å². The number of amides is 1. The molecule has 0 bridgehead atoms. The van der Waals surface area contributed by atoms with Gasteiger partial charge in [0.2, 0.25) is 5.91 Å². The molecule has 1 amide bonds. The van der Waals surface area contributed by atoms with E-state index < -0.39 is 5.54 Å². The van der Waals surface area contributed by atoms with Crippen LogP contribution in [0.1, 0.15) is 45.4 Å². The largest absolute Gasteiger partial charge is 0.368 e. The van der Waals surface area contributed by atoms with Crippen molar-refractivity contribution in [2.75, 3.05) is 12.3 Å². The average Bonchev–Trinajstić information content (AvgIpc) is 3.02. The van der Waals surface area contributed by atoms with Gasteiger partial charge in [0.1, 0.15) is 5.54 Å². The minimum Gasteiger partial charge on any atom is -0.368 e. The molecule has 2 fully saturated rings. The van der Waals surface area contributed by atoms with Crippen LogP contribution in [0.15, 0.2) is 0 Å². The molecule has 0 aromatic heterocycles.